The number of nitrogens with one attached hydrogen (secondary N) is 1. The molecule has 1 aliphatic rings. The Balaban J connectivity index is 1.99. The topological polar surface area (TPSA) is 21.3 Å². The molecule has 0 aromatic heterocycles. The Bertz CT molecular complexity index is 427. The van der Waals surface area contributed by atoms with Crippen LogP contribution < -0.4 is 10.1 Å². The third-order valence-corrected chi connectivity index (χ3v) is 4.22. The van der Waals surface area contributed by atoms with Crippen LogP contribution in [-0.4, -0.2) is 12.6 Å². The summed E-state index contributed by atoms with van der Waals surface area (Å²) in [7, 11) is 0. The molecule has 0 aliphatic heterocycles. The molecule has 1 aromatic carbocycles. The van der Waals surface area contributed by atoms with Crippen LogP contribution in [0.4, 0.5) is 4.39 Å². The second-order valence-corrected chi connectivity index (χ2v) is 5.97. The highest BCUT2D eigenvalue weighted by Crippen LogP contribution is 2.29. The predicted octanol–water partition coefficient (Wildman–Crippen LogP) is 4.45. The first kappa shape index (κ1) is 15.3. The third-order valence-electron chi connectivity index (χ3n) is 4.22. The Hall–Kier alpha value is -1.09. The molecule has 20 heavy (non-hydrogen) atoms. The van der Waals surface area contributed by atoms with Crippen molar-refractivity contribution in [2.24, 2.45) is 5.92 Å². The van der Waals surface area contributed by atoms with Gasteiger partial charge in [-0.05, 0) is 62.8 Å². The summed E-state index contributed by atoms with van der Waals surface area (Å²) in [4.78, 5) is 0. The fraction of sp³-hybridized carbons (Fsp3) is 0.647. The van der Waals surface area contributed by atoms with Gasteiger partial charge >= 0.3 is 0 Å². The van der Waals surface area contributed by atoms with E-state index in [0.717, 1.165) is 30.9 Å². The Kier molecular flexibility index (Phi) is 5.41. The standard InChI is InChI=1S/C17H26FNO/c1-4-19-13(3)14-7-10-17(16(18)11-14)20-15-8-5-12(2)6-9-15/h7,10-13,15,19H,4-6,8-9H2,1-3H3. The lowest BCUT2D eigenvalue weighted by atomic mass is 9.89. The number of hydrogen-bond acceptors (Lipinski definition) is 2. The van der Waals surface area contributed by atoms with Crippen molar-refractivity contribution < 1.29 is 9.13 Å². The highest BCUT2D eigenvalue weighted by molar-refractivity contribution is 5.31. The number of benzene rings is 1. The van der Waals surface area contributed by atoms with E-state index in [2.05, 4.69) is 19.2 Å². The molecule has 1 saturated carbocycles. The Morgan fingerprint density at radius 1 is 1.30 bits per heavy atom. The molecule has 0 bridgehead atoms. The van der Waals surface area contributed by atoms with Crippen molar-refractivity contribution in [3.05, 3.63) is 29.6 Å². The number of rotatable bonds is 5. The first-order valence-electron chi connectivity index (χ1n) is 7.79. The van der Waals surface area contributed by atoms with Gasteiger partial charge in [0, 0.05) is 6.04 Å². The summed E-state index contributed by atoms with van der Waals surface area (Å²) in [5.74, 6) is 0.936. The van der Waals surface area contributed by atoms with Crippen molar-refractivity contribution in [2.45, 2.75) is 58.6 Å². The van der Waals surface area contributed by atoms with Crippen LogP contribution in [0.25, 0.3) is 0 Å². The van der Waals surface area contributed by atoms with E-state index in [0.29, 0.717) is 5.75 Å². The fourth-order valence-electron chi connectivity index (χ4n) is 2.83. The van der Waals surface area contributed by atoms with Crippen molar-refractivity contribution in [3.8, 4) is 5.75 Å². The van der Waals surface area contributed by atoms with Crippen LogP contribution in [0.15, 0.2) is 18.2 Å². The highest BCUT2D eigenvalue weighted by Gasteiger charge is 2.20. The second kappa shape index (κ2) is 7.07. The highest BCUT2D eigenvalue weighted by atomic mass is 19.1. The quantitative estimate of drug-likeness (QED) is 0.859. The maximum atomic E-state index is 14.1. The van der Waals surface area contributed by atoms with E-state index < -0.39 is 0 Å². The van der Waals surface area contributed by atoms with Crippen molar-refractivity contribution in [1.82, 2.24) is 5.32 Å². The zero-order valence-electron chi connectivity index (χ0n) is 12.8. The average molecular weight is 279 g/mol. The van der Waals surface area contributed by atoms with Crippen molar-refractivity contribution in [2.75, 3.05) is 6.54 Å². The lowest BCUT2D eigenvalue weighted by molar-refractivity contribution is 0.130. The van der Waals surface area contributed by atoms with E-state index in [4.69, 9.17) is 4.74 Å². The van der Waals surface area contributed by atoms with Gasteiger partial charge in [-0.3, -0.25) is 0 Å². The largest absolute Gasteiger partial charge is 0.487 e. The summed E-state index contributed by atoms with van der Waals surface area (Å²) < 4.78 is 20.0. The molecule has 1 aliphatic carbocycles. The lowest BCUT2D eigenvalue weighted by Gasteiger charge is -2.27. The number of ether oxygens (including phenoxy) is 1. The van der Waals surface area contributed by atoms with Crippen LogP contribution in [0.2, 0.25) is 0 Å². The van der Waals surface area contributed by atoms with Gasteiger partial charge in [-0.25, -0.2) is 4.39 Å². The summed E-state index contributed by atoms with van der Waals surface area (Å²) in [6, 6.07) is 5.49. The van der Waals surface area contributed by atoms with E-state index in [1.54, 1.807) is 12.1 Å². The van der Waals surface area contributed by atoms with E-state index in [1.807, 2.05) is 13.0 Å². The van der Waals surface area contributed by atoms with Gasteiger partial charge in [0.15, 0.2) is 11.6 Å². The first-order valence-corrected chi connectivity index (χ1v) is 7.79. The van der Waals surface area contributed by atoms with Crippen molar-refractivity contribution in [1.29, 1.82) is 0 Å². The summed E-state index contributed by atoms with van der Waals surface area (Å²) in [6.07, 6.45) is 4.62. The van der Waals surface area contributed by atoms with Crippen LogP contribution in [0.5, 0.6) is 5.75 Å². The van der Waals surface area contributed by atoms with Gasteiger partial charge in [-0.1, -0.05) is 19.9 Å². The van der Waals surface area contributed by atoms with E-state index >= 15 is 0 Å². The summed E-state index contributed by atoms with van der Waals surface area (Å²) in [5, 5.41) is 3.29. The van der Waals surface area contributed by atoms with Gasteiger partial charge < -0.3 is 10.1 Å². The molecule has 3 heteroatoms. The molecule has 1 fully saturated rings. The summed E-state index contributed by atoms with van der Waals surface area (Å²) in [6.45, 7) is 7.24. The van der Waals surface area contributed by atoms with Crippen LogP contribution in [-0.2, 0) is 0 Å². The molecule has 1 unspecified atom stereocenters. The Morgan fingerprint density at radius 3 is 2.60 bits per heavy atom. The predicted molar refractivity (Wildman–Crippen MR) is 80.5 cm³/mol. The molecule has 1 atom stereocenters. The van der Waals surface area contributed by atoms with Crippen LogP contribution in [0.1, 0.15) is 58.1 Å². The van der Waals surface area contributed by atoms with E-state index in [9.17, 15) is 4.39 Å². The Morgan fingerprint density at radius 2 is 2.00 bits per heavy atom. The number of halogens is 1. The van der Waals surface area contributed by atoms with E-state index in [1.165, 1.54) is 12.8 Å². The second-order valence-electron chi connectivity index (χ2n) is 5.97. The summed E-state index contributed by atoms with van der Waals surface area (Å²) in [5.41, 5.74) is 0.967. The van der Waals surface area contributed by atoms with Crippen LogP contribution in [0.3, 0.4) is 0 Å². The average Bonchev–Trinajstić information content (AvgIpc) is 2.43. The van der Waals surface area contributed by atoms with Crippen LogP contribution >= 0.6 is 0 Å². The molecule has 2 rings (SSSR count). The van der Waals surface area contributed by atoms with Crippen LogP contribution in [0, 0.1) is 11.7 Å². The Labute approximate surface area is 121 Å². The van der Waals surface area contributed by atoms with Gasteiger partial charge in [-0.15, -0.1) is 0 Å². The van der Waals surface area contributed by atoms with Crippen molar-refractivity contribution >= 4 is 0 Å². The lowest BCUT2D eigenvalue weighted by Crippen LogP contribution is -2.23. The smallest absolute Gasteiger partial charge is 0.165 e. The molecule has 0 amide bonds. The zero-order valence-corrected chi connectivity index (χ0v) is 12.8. The minimum Gasteiger partial charge on any atom is -0.487 e. The van der Waals surface area contributed by atoms with Gasteiger partial charge in [0.05, 0.1) is 6.10 Å². The summed E-state index contributed by atoms with van der Waals surface area (Å²) >= 11 is 0. The molecule has 0 spiro atoms. The molecular formula is C17H26FNO. The SMILES string of the molecule is CCNC(C)c1ccc(OC2CCC(C)CC2)c(F)c1. The monoisotopic (exact) mass is 279 g/mol. The fourth-order valence-corrected chi connectivity index (χ4v) is 2.83. The molecule has 0 saturated heterocycles. The first-order chi connectivity index (χ1) is 9.60. The molecule has 2 nitrogen and oxygen atoms in total. The van der Waals surface area contributed by atoms with Gasteiger partial charge in [0.2, 0.25) is 0 Å². The zero-order chi connectivity index (χ0) is 14.5. The third kappa shape index (κ3) is 3.95. The van der Waals surface area contributed by atoms with Gasteiger partial charge in [-0.2, -0.15) is 0 Å². The molecule has 0 radical (unpaired) electrons. The van der Waals surface area contributed by atoms with E-state index in [-0.39, 0.29) is 18.0 Å². The maximum Gasteiger partial charge on any atom is 0.165 e. The number of hydrogen-bond donors (Lipinski definition) is 1. The molecule has 0 heterocycles. The normalized spacial score (nSPS) is 24.4. The van der Waals surface area contributed by atoms with Gasteiger partial charge in [0.25, 0.3) is 0 Å². The van der Waals surface area contributed by atoms with Crippen molar-refractivity contribution in [3.63, 3.8) is 0 Å². The maximum absolute atomic E-state index is 14.1. The minimum absolute atomic E-state index is 0.166. The molecular weight excluding hydrogens is 253 g/mol. The molecule has 1 aromatic rings. The minimum atomic E-state index is -0.245. The molecule has 1 N–H and O–H groups in total. The molecule has 112 valence electrons. The van der Waals surface area contributed by atoms with Gasteiger partial charge in [0.1, 0.15) is 0 Å².